The first kappa shape index (κ1) is 16.2. The molecule has 1 N–H and O–H groups in total. The van der Waals surface area contributed by atoms with Gasteiger partial charge in [0.15, 0.2) is 0 Å². The van der Waals surface area contributed by atoms with Gasteiger partial charge in [0.25, 0.3) is 11.6 Å². The van der Waals surface area contributed by atoms with Gasteiger partial charge in [-0.05, 0) is 19.4 Å². The number of rotatable bonds is 4. The third-order valence-corrected chi connectivity index (χ3v) is 3.60. The summed E-state index contributed by atoms with van der Waals surface area (Å²) < 4.78 is 0. The number of halogens is 2. The van der Waals surface area contributed by atoms with E-state index < -0.39 is 22.1 Å². The predicted molar refractivity (Wildman–Crippen MR) is 74.9 cm³/mol. The second-order valence-corrected chi connectivity index (χ2v) is 5.09. The molecular weight excluding hydrogens is 305 g/mol. The molecule has 1 aromatic carbocycles. The van der Waals surface area contributed by atoms with Crippen LogP contribution in [0.3, 0.4) is 0 Å². The number of carbonyl (C=O) groups is 1. The zero-order valence-corrected chi connectivity index (χ0v) is 12.2. The van der Waals surface area contributed by atoms with E-state index in [2.05, 4.69) is 5.32 Å². The van der Waals surface area contributed by atoms with E-state index in [-0.39, 0.29) is 15.6 Å². The molecule has 106 valence electrons. The average molecular weight is 316 g/mol. The van der Waals surface area contributed by atoms with Gasteiger partial charge in [0, 0.05) is 11.6 Å². The van der Waals surface area contributed by atoms with Crippen LogP contribution in [0.2, 0.25) is 10.0 Å². The lowest BCUT2D eigenvalue weighted by atomic mass is 10.0. The summed E-state index contributed by atoms with van der Waals surface area (Å²) in [6, 6.07) is 4.21. The van der Waals surface area contributed by atoms with Crippen LogP contribution in [-0.4, -0.2) is 16.4 Å². The Morgan fingerprint density at radius 3 is 2.60 bits per heavy atom. The van der Waals surface area contributed by atoms with Crippen molar-refractivity contribution in [3.05, 3.63) is 37.9 Å². The van der Waals surface area contributed by atoms with E-state index in [0.29, 0.717) is 6.42 Å². The second-order valence-electron chi connectivity index (χ2n) is 4.30. The molecule has 0 bridgehead atoms. The largest absolute Gasteiger partial charge is 0.334 e. The molecule has 6 nitrogen and oxygen atoms in total. The van der Waals surface area contributed by atoms with Crippen molar-refractivity contribution in [2.45, 2.75) is 25.8 Å². The standard InChI is InChI=1S/C12H11Cl2N3O3/c1-3-12(2,6-15)16-11(18)7-4-8(13)10(14)9(5-7)17(19)20/h4-5H,3H2,1-2H3,(H,16,18). The number of nitro groups is 1. The Morgan fingerprint density at radius 1 is 1.55 bits per heavy atom. The van der Waals surface area contributed by atoms with Gasteiger partial charge in [-0.15, -0.1) is 0 Å². The predicted octanol–water partition coefficient (Wildman–Crippen LogP) is 3.32. The topological polar surface area (TPSA) is 96.0 Å². The summed E-state index contributed by atoms with van der Waals surface area (Å²) in [7, 11) is 0. The zero-order chi connectivity index (χ0) is 15.5. The highest BCUT2D eigenvalue weighted by Gasteiger charge is 2.26. The van der Waals surface area contributed by atoms with Gasteiger partial charge in [-0.25, -0.2) is 0 Å². The first-order chi connectivity index (χ1) is 9.24. The van der Waals surface area contributed by atoms with Crippen molar-refractivity contribution in [1.82, 2.24) is 5.32 Å². The van der Waals surface area contributed by atoms with E-state index >= 15 is 0 Å². The lowest BCUT2D eigenvalue weighted by molar-refractivity contribution is -0.384. The molecule has 1 atom stereocenters. The smallest absolute Gasteiger partial charge is 0.290 e. The lowest BCUT2D eigenvalue weighted by Crippen LogP contribution is -2.44. The van der Waals surface area contributed by atoms with E-state index in [0.717, 1.165) is 6.07 Å². The minimum Gasteiger partial charge on any atom is -0.334 e. The molecular formula is C12H11Cl2N3O3. The van der Waals surface area contributed by atoms with Gasteiger partial charge in [-0.2, -0.15) is 5.26 Å². The van der Waals surface area contributed by atoms with Gasteiger partial charge in [0.2, 0.25) is 0 Å². The molecule has 0 saturated heterocycles. The molecule has 0 spiro atoms. The van der Waals surface area contributed by atoms with Crippen molar-refractivity contribution in [3.63, 3.8) is 0 Å². The Hall–Kier alpha value is -1.84. The highest BCUT2D eigenvalue weighted by molar-refractivity contribution is 6.43. The maximum atomic E-state index is 12.0. The molecule has 0 aliphatic rings. The Morgan fingerprint density at radius 2 is 2.15 bits per heavy atom. The van der Waals surface area contributed by atoms with Gasteiger partial charge in [0.1, 0.15) is 10.6 Å². The van der Waals surface area contributed by atoms with E-state index in [1.165, 1.54) is 6.07 Å². The van der Waals surface area contributed by atoms with Crippen LogP contribution < -0.4 is 5.32 Å². The van der Waals surface area contributed by atoms with Crippen LogP contribution in [0.5, 0.6) is 0 Å². The summed E-state index contributed by atoms with van der Waals surface area (Å²) >= 11 is 11.5. The summed E-state index contributed by atoms with van der Waals surface area (Å²) in [5.41, 5.74) is -1.54. The van der Waals surface area contributed by atoms with Crippen molar-refractivity contribution < 1.29 is 9.72 Å². The molecule has 1 unspecified atom stereocenters. The number of benzene rings is 1. The summed E-state index contributed by atoms with van der Waals surface area (Å²) in [5.74, 6) is -0.627. The average Bonchev–Trinajstić information content (AvgIpc) is 2.40. The third kappa shape index (κ3) is 3.38. The number of nitrogens with zero attached hydrogens (tertiary/aromatic N) is 2. The number of nitro benzene ring substituents is 1. The van der Waals surface area contributed by atoms with Crippen molar-refractivity contribution in [3.8, 4) is 6.07 Å². The first-order valence-corrected chi connectivity index (χ1v) is 6.37. The van der Waals surface area contributed by atoms with E-state index in [4.69, 9.17) is 28.5 Å². The maximum absolute atomic E-state index is 12.0. The van der Waals surface area contributed by atoms with Crippen molar-refractivity contribution in [1.29, 1.82) is 5.26 Å². The highest BCUT2D eigenvalue weighted by Crippen LogP contribution is 2.33. The van der Waals surface area contributed by atoms with E-state index in [1.807, 2.05) is 6.07 Å². The Kier molecular flexibility index (Phi) is 4.93. The van der Waals surface area contributed by atoms with Crippen LogP contribution in [-0.2, 0) is 0 Å². The minimum atomic E-state index is -1.06. The highest BCUT2D eigenvalue weighted by atomic mass is 35.5. The number of nitrogens with one attached hydrogen (secondary N) is 1. The molecule has 1 aromatic rings. The number of hydrogen-bond acceptors (Lipinski definition) is 4. The van der Waals surface area contributed by atoms with Crippen molar-refractivity contribution in [2.75, 3.05) is 0 Å². The van der Waals surface area contributed by atoms with Crippen LogP contribution in [0.25, 0.3) is 0 Å². The molecule has 0 fully saturated rings. The number of hydrogen-bond donors (Lipinski definition) is 1. The fourth-order valence-corrected chi connectivity index (χ4v) is 1.75. The second kappa shape index (κ2) is 6.07. The fourth-order valence-electron chi connectivity index (χ4n) is 1.36. The maximum Gasteiger partial charge on any atom is 0.290 e. The molecule has 20 heavy (non-hydrogen) atoms. The molecule has 0 radical (unpaired) electrons. The fraction of sp³-hybridized carbons (Fsp3) is 0.333. The summed E-state index contributed by atoms with van der Waals surface area (Å²) in [4.78, 5) is 22.1. The first-order valence-electron chi connectivity index (χ1n) is 5.61. The van der Waals surface area contributed by atoms with Crippen LogP contribution in [0.15, 0.2) is 12.1 Å². The molecule has 1 amide bonds. The third-order valence-electron chi connectivity index (χ3n) is 2.81. The molecule has 8 heteroatoms. The van der Waals surface area contributed by atoms with Gasteiger partial charge < -0.3 is 5.32 Å². The summed E-state index contributed by atoms with van der Waals surface area (Å²) in [5, 5.41) is 22.0. The Balaban J connectivity index is 3.19. The van der Waals surface area contributed by atoms with Crippen molar-refractivity contribution >= 4 is 34.8 Å². The van der Waals surface area contributed by atoms with Crippen LogP contribution in [0.4, 0.5) is 5.69 Å². The normalized spacial score (nSPS) is 13.2. The van der Waals surface area contributed by atoms with Gasteiger partial charge >= 0.3 is 0 Å². The molecule has 0 aliphatic heterocycles. The number of nitriles is 1. The Labute approximate surface area is 125 Å². The van der Waals surface area contributed by atoms with Gasteiger partial charge in [-0.1, -0.05) is 30.1 Å². The number of carbonyl (C=O) groups excluding carboxylic acids is 1. The molecule has 0 aromatic heterocycles. The van der Waals surface area contributed by atoms with E-state index in [1.54, 1.807) is 13.8 Å². The molecule has 0 aliphatic carbocycles. The SMILES string of the molecule is CCC(C)(C#N)NC(=O)c1cc(Cl)c(Cl)c([N+](=O)[O-])c1. The van der Waals surface area contributed by atoms with Crippen molar-refractivity contribution in [2.24, 2.45) is 0 Å². The molecule has 0 saturated carbocycles. The van der Waals surface area contributed by atoms with Gasteiger partial charge in [0.05, 0.1) is 16.0 Å². The lowest BCUT2D eigenvalue weighted by Gasteiger charge is -2.21. The number of amides is 1. The van der Waals surface area contributed by atoms with Crippen LogP contribution >= 0.6 is 23.2 Å². The van der Waals surface area contributed by atoms with Gasteiger partial charge in [-0.3, -0.25) is 14.9 Å². The van der Waals surface area contributed by atoms with Crippen LogP contribution in [0.1, 0.15) is 30.6 Å². The Bertz CT molecular complexity index is 613. The van der Waals surface area contributed by atoms with E-state index in [9.17, 15) is 14.9 Å². The molecule has 0 heterocycles. The molecule has 1 rings (SSSR count). The minimum absolute atomic E-state index is 0.0268. The zero-order valence-electron chi connectivity index (χ0n) is 10.7. The quantitative estimate of drug-likeness (QED) is 0.680. The monoisotopic (exact) mass is 315 g/mol. The summed E-state index contributed by atoms with van der Waals surface area (Å²) in [6.07, 6.45) is 0.388. The van der Waals surface area contributed by atoms with Crippen LogP contribution in [0, 0.1) is 21.4 Å². The summed E-state index contributed by atoms with van der Waals surface area (Å²) in [6.45, 7) is 3.29.